The molecule has 1 aliphatic heterocycles. The Labute approximate surface area is 120 Å². The van der Waals surface area contributed by atoms with Crippen molar-refractivity contribution >= 4 is 23.6 Å². The van der Waals surface area contributed by atoms with E-state index < -0.39 is 12.0 Å². The Kier molecular flexibility index (Phi) is 4.41. The van der Waals surface area contributed by atoms with Gasteiger partial charge in [-0.05, 0) is 12.8 Å². The lowest BCUT2D eigenvalue weighted by Crippen LogP contribution is -2.46. The first-order chi connectivity index (χ1) is 9.95. The third-order valence-corrected chi connectivity index (χ3v) is 3.30. The minimum Gasteiger partial charge on any atom is -0.480 e. The molecule has 2 rings (SSSR count). The molecule has 0 radical (unpaired) electrons. The summed E-state index contributed by atoms with van der Waals surface area (Å²) in [6, 6.07) is -0.526. The third-order valence-electron chi connectivity index (χ3n) is 3.30. The van der Waals surface area contributed by atoms with Crippen LogP contribution in [-0.4, -0.2) is 50.8 Å². The van der Waals surface area contributed by atoms with Gasteiger partial charge in [-0.2, -0.15) is 5.10 Å². The van der Waals surface area contributed by atoms with Gasteiger partial charge in [-0.15, -0.1) is 0 Å². The number of carbonyl (C=O) groups excluding carboxylic acids is 2. The summed E-state index contributed by atoms with van der Waals surface area (Å²) in [4.78, 5) is 35.3. The topological polar surface area (TPSA) is 131 Å². The molecule has 9 heteroatoms. The minimum absolute atomic E-state index is 0.226. The fourth-order valence-electron chi connectivity index (χ4n) is 2.29. The molecule has 2 heterocycles. The average molecular weight is 295 g/mol. The molecule has 114 valence electrons. The number of amides is 3. The van der Waals surface area contributed by atoms with Crippen molar-refractivity contribution in [2.24, 2.45) is 11.7 Å². The number of aromatic nitrogens is 2. The zero-order valence-corrected chi connectivity index (χ0v) is 11.4. The second-order valence-corrected chi connectivity index (χ2v) is 4.93. The smallest absolute Gasteiger partial charge is 0.325 e. The molecule has 3 amide bonds. The maximum absolute atomic E-state index is 12.1. The van der Waals surface area contributed by atoms with Crippen LogP contribution in [0.4, 0.5) is 10.5 Å². The summed E-state index contributed by atoms with van der Waals surface area (Å²) >= 11 is 0. The molecule has 21 heavy (non-hydrogen) atoms. The van der Waals surface area contributed by atoms with E-state index in [0.717, 1.165) is 6.42 Å². The summed E-state index contributed by atoms with van der Waals surface area (Å²) in [5.74, 6) is -1.56. The number of nitrogens with zero attached hydrogens (tertiary/aromatic N) is 3. The van der Waals surface area contributed by atoms with Crippen molar-refractivity contribution in [2.75, 3.05) is 18.4 Å². The first-order valence-electron chi connectivity index (χ1n) is 6.55. The fourth-order valence-corrected chi connectivity index (χ4v) is 2.29. The van der Waals surface area contributed by atoms with Crippen LogP contribution in [0.5, 0.6) is 0 Å². The van der Waals surface area contributed by atoms with Gasteiger partial charge in [-0.25, -0.2) is 4.79 Å². The maximum Gasteiger partial charge on any atom is 0.325 e. The van der Waals surface area contributed by atoms with E-state index >= 15 is 0 Å². The van der Waals surface area contributed by atoms with Crippen LogP contribution in [0.3, 0.4) is 0 Å². The van der Waals surface area contributed by atoms with Crippen molar-refractivity contribution in [3.63, 3.8) is 0 Å². The quantitative estimate of drug-likeness (QED) is 0.701. The Bertz CT molecular complexity index is 556. The Morgan fingerprint density at radius 1 is 1.48 bits per heavy atom. The molecular weight excluding hydrogens is 278 g/mol. The zero-order chi connectivity index (χ0) is 15.4. The molecule has 1 unspecified atom stereocenters. The molecular formula is C12H17N5O4. The number of nitrogens with two attached hydrogens (primary N) is 1. The molecule has 0 aliphatic carbocycles. The number of carboxylic acid groups (broad SMARTS) is 1. The van der Waals surface area contributed by atoms with Crippen LogP contribution in [0.1, 0.15) is 12.8 Å². The predicted molar refractivity (Wildman–Crippen MR) is 72.4 cm³/mol. The van der Waals surface area contributed by atoms with Crippen LogP contribution < -0.4 is 11.1 Å². The number of likely N-dealkylation sites (tertiary alicyclic amines) is 1. The van der Waals surface area contributed by atoms with Gasteiger partial charge in [0.1, 0.15) is 6.54 Å². The number of anilines is 1. The molecule has 0 saturated carbocycles. The van der Waals surface area contributed by atoms with Crippen molar-refractivity contribution in [2.45, 2.75) is 19.4 Å². The highest BCUT2D eigenvalue weighted by Gasteiger charge is 2.27. The average Bonchev–Trinajstić information content (AvgIpc) is 2.85. The molecule has 1 atom stereocenters. The lowest BCUT2D eigenvalue weighted by atomic mass is 9.97. The Morgan fingerprint density at radius 3 is 2.90 bits per heavy atom. The fraction of sp³-hybridized carbons (Fsp3) is 0.500. The van der Waals surface area contributed by atoms with E-state index in [2.05, 4.69) is 10.4 Å². The number of hydrogen-bond acceptors (Lipinski definition) is 4. The van der Waals surface area contributed by atoms with Gasteiger partial charge in [0.2, 0.25) is 5.91 Å². The highest BCUT2D eigenvalue weighted by molar-refractivity contribution is 5.92. The molecule has 1 aliphatic rings. The number of primary amides is 1. The van der Waals surface area contributed by atoms with E-state index in [1.807, 2.05) is 0 Å². The summed E-state index contributed by atoms with van der Waals surface area (Å²) in [6.07, 6.45) is 4.23. The van der Waals surface area contributed by atoms with Gasteiger partial charge in [-0.3, -0.25) is 14.3 Å². The lowest BCUT2D eigenvalue weighted by Gasteiger charge is -2.30. The van der Waals surface area contributed by atoms with Gasteiger partial charge < -0.3 is 21.1 Å². The van der Waals surface area contributed by atoms with E-state index in [1.54, 1.807) is 0 Å². The number of rotatable bonds is 4. The third kappa shape index (κ3) is 3.94. The summed E-state index contributed by atoms with van der Waals surface area (Å²) in [7, 11) is 0. The van der Waals surface area contributed by atoms with Gasteiger partial charge >= 0.3 is 12.0 Å². The minimum atomic E-state index is -1.01. The number of aliphatic carboxylic acids is 1. The van der Waals surface area contributed by atoms with Crippen molar-refractivity contribution in [3.8, 4) is 0 Å². The van der Waals surface area contributed by atoms with E-state index in [4.69, 9.17) is 10.8 Å². The van der Waals surface area contributed by atoms with E-state index in [0.29, 0.717) is 25.2 Å². The highest BCUT2D eigenvalue weighted by atomic mass is 16.4. The van der Waals surface area contributed by atoms with E-state index in [9.17, 15) is 14.4 Å². The Balaban J connectivity index is 1.93. The normalized spacial score (nSPS) is 18.3. The number of piperidine rings is 1. The lowest BCUT2D eigenvalue weighted by molar-refractivity contribution is -0.137. The van der Waals surface area contributed by atoms with Gasteiger partial charge in [0.15, 0.2) is 0 Å². The summed E-state index contributed by atoms with van der Waals surface area (Å²) in [5, 5.41) is 15.2. The van der Waals surface area contributed by atoms with Crippen LogP contribution in [0, 0.1) is 5.92 Å². The standard InChI is InChI=1S/C12H17N5O4/c13-12(21)16-3-1-2-8(5-16)11(20)15-9-4-14-17(6-9)7-10(18)19/h4,6,8H,1-3,5,7H2,(H2,13,21)(H,15,20)(H,18,19). The SMILES string of the molecule is NC(=O)N1CCCC(C(=O)Nc2cnn(CC(=O)O)c2)C1. The zero-order valence-electron chi connectivity index (χ0n) is 11.4. The van der Waals surface area contributed by atoms with Crippen LogP contribution in [0.2, 0.25) is 0 Å². The molecule has 0 spiro atoms. The maximum atomic E-state index is 12.1. The largest absolute Gasteiger partial charge is 0.480 e. The van der Waals surface area contributed by atoms with Crippen molar-refractivity contribution in [3.05, 3.63) is 12.4 Å². The molecule has 1 fully saturated rings. The molecule has 9 nitrogen and oxygen atoms in total. The Morgan fingerprint density at radius 2 is 2.24 bits per heavy atom. The van der Waals surface area contributed by atoms with Crippen LogP contribution in [-0.2, 0) is 16.1 Å². The van der Waals surface area contributed by atoms with Gasteiger partial charge in [-0.1, -0.05) is 0 Å². The number of carboxylic acids is 1. The molecule has 1 saturated heterocycles. The predicted octanol–water partition coefficient (Wildman–Crippen LogP) is -0.303. The van der Waals surface area contributed by atoms with Crippen LogP contribution in [0.15, 0.2) is 12.4 Å². The Hall–Kier alpha value is -2.58. The van der Waals surface area contributed by atoms with E-state index in [1.165, 1.54) is 22.0 Å². The monoisotopic (exact) mass is 295 g/mol. The van der Waals surface area contributed by atoms with Crippen molar-refractivity contribution < 1.29 is 19.5 Å². The molecule has 4 N–H and O–H groups in total. The molecule has 1 aromatic rings. The number of urea groups is 1. The molecule has 0 bridgehead atoms. The summed E-state index contributed by atoms with van der Waals surface area (Å²) < 4.78 is 1.22. The van der Waals surface area contributed by atoms with Crippen LogP contribution in [0.25, 0.3) is 0 Å². The molecule has 1 aromatic heterocycles. The molecule has 0 aromatic carbocycles. The first-order valence-corrected chi connectivity index (χ1v) is 6.55. The van der Waals surface area contributed by atoms with Gasteiger partial charge in [0.05, 0.1) is 17.8 Å². The van der Waals surface area contributed by atoms with Crippen molar-refractivity contribution in [1.82, 2.24) is 14.7 Å². The van der Waals surface area contributed by atoms with Gasteiger partial charge in [0.25, 0.3) is 0 Å². The van der Waals surface area contributed by atoms with Gasteiger partial charge in [0, 0.05) is 19.3 Å². The van der Waals surface area contributed by atoms with Crippen molar-refractivity contribution in [1.29, 1.82) is 0 Å². The number of hydrogen-bond donors (Lipinski definition) is 3. The number of nitrogens with one attached hydrogen (secondary N) is 1. The van der Waals surface area contributed by atoms with Crippen LogP contribution >= 0.6 is 0 Å². The first kappa shape index (κ1) is 14.8. The van der Waals surface area contributed by atoms with E-state index in [-0.39, 0.29) is 18.4 Å². The summed E-state index contributed by atoms with van der Waals surface area (Å²) in [6.45, 7) is 0.592. The highest BCUT2D eigenvalue weighted by Crippen LogP contribution is 2.18. The number of carbonyl (C=O) groups is 3. The second-order valence-electron chi connectivity index (χ2n) is 4.93. The summed E-state index contributed by atoms with van der Waals surface area (Å²) in [5.41, 5.74) is 5.65. The second kappa shape index (κ2) is 6.25.